The summed E-state index contributed by atoms with van der Waals surface area (Å²) in [6.07, 6.45) is 4.65. The molecule has 1 aliphatic carbocycles. The Morgan fingerprint density at radius 3 is 2.88 bits per heavy atom. The number of nitrogens with zero attached hydrogens (tertiary/aromatic N) is 1. The number of nitrogens with one attached hydrogen (secondary N) is 2. The van der Waals surface area contributed by atoms with E-state index < -0.39 is 5.97 Å². The highest BCUT2D eigenvalue weighted by Crippen LogP contribution is 2.21. The number of aromatic carboxylic acids is 1. The van der Waals surface area contributed by atoms with Crippen molar-refractivity contribution >= 4 is 24.0 Å². The molecular weight excluding hydrogens is 226 g/mol. The van der Waals surface area contributed by atoms with E-state index in [0.717, 1.165) is 12.8 Å². The first-order chi connectivity index (χ1) is 7.66. The number of carbonyl (C=O) groups is 1. The number of aromatic nitrogens is 2. The Bertz CT molecular complexity index is 452. The van der Waals surface area contributed by atoms with Gasteiger partial charge in [-0.15, -0.1) is 0 Å². The highest BCUT2D eigenvalue weighted by atomic mass is 32.1. The molecule has 0 aromatic carbocycles. The minimum absolute atomic E-state index is 0.0884. The molecule has 1 aliphatic rings. The Labute approximate surface area is 97.9 Å². The molecule has 1 heterocycles. The smallest absolute Gasteiger partial charge is 0.338 e. The number of carboxylic acids is 1. The van der Waals surface area contributed by atoms with Crippen LogP contribution in [-0.4, -0.2) is 27.3 Å². The molecule has 2 rings (SSSR count). The van der Waals surface area contributed by atoms with Crippen molar-refractivity contribution in [2.45, 2.75) is 31.7 Å². The van der Waals surface area contributed by atoms with Crippen molar-refractivity contribution in [1.29, 1.82) is 0 Å². The van der Waals surface area contributed by atoms with Crippen LogP contribution in [0.1, 0.15) is 36.0 Å². The molecular formula is C10H13N3O2S. The van der Waals surface area contributed by atoms with Crippen molar-refractivity contribution in [3.63, 3.8) is 0 Å². The predicted octanol–water partition coefficient (Wildman–Crippen LogP) is 2.19. The SMILES string of the molecule is O=C(O)c1cc(NC2CCCC2)n[nH]c1=S. The van der Waals surface area contributed by atoms with Crippen molar-refractivity contribution in [3.05, 3.63) is 16.3 Å². The van der Waals surface area contributed by atoms with Crippen molar-refractivity contribution in [3.8, 4) is 0 Å². The van der Waals surface area contributed by atoms with Gasteiger partial charge in [0.15, 0.2) is 0 Å². The van der Waals surface area contributed by atoms with Crippen LogP contribution in [0.2, 0.25) is 0 Å². The van der Waals surface area contributed by atoms with Gasteiger partial charge in [-0.05, 0) is 18.9 Å². The zero-order valence-corrected chi connectivity index (χ0v) is 9.51. The zero-order chi connectivity index (χ0) is 11.5. The summed E-state index contributed by atoms with van der Waals surface area (Å²) in [5, 5.41) is 18.6. The number of anilines is 1. The van der Waals surface area contributed by atoms with Gasteiger partial charge >= 0.3 is 5.97 Å². The molecule has 0 amide bonds. The molecule has 0 unspecified atom stereocenters. The maximum atomic E-state index is 10.9. The third-order valence-electron chi connectivity index (χ3n) is 2.74. The van der Waals surface area contributed by atoms with Crippen LogP contribution < -0.4 is 5.32 Å². The lowest BCUT2D eigenvalue weighted by Gasteiger charge is -2.12. The molecule has 5 nitrogen and oxygen atoms in total. The fourth-order valence-corrected chi connectivity index (χ4v) is 2.11. The van der Waals surface area contributed by atoms with E-state index in [0.29, 0.717) is 11.9 Å². The maximum Gasteiger partial charge on any atom is 0.338 e. The molecule has 0 spiro atoms. The van der Waals surface area contributed by atoms with E-state index >= 15 is 0 Å². The molecule has 1 aromatic heterocycles. The minimum Gasteiger partial charge on any atom is -0.478 e. The molecule has 0 radical (unpaired) electrons. The summed E-state index contributed by atoms with van der Waals surface area (Å²) < 4.78 is 0.157. The van der Waals surface area contributed by atoms with Crippen molar-refractivity contribution in [2.24, 2.45) is 0 Å². The quantitative estimate of drug-likeness (QED) is 0.705. The van der Waals surface area contributed by atoms with Gasteiger partial charge in [0.2, 0.25) is 0 Å². The molecule has 0 saturated heterocycles. The number of rotatable bonds is 3. The number of carboxylic acid groups (broad SMARTS) is 1. The normalized spacial score (nSPS) is 16.2. The third kappa shape index (κ3) is 2.38. The molecule has 1 fully saturated rings. The molecule has 0 bridgehead atoms. The van der Waals surface area contributed by atoms with Crippen LogP contribution >= 0.6 is 12.2 Å². The van der Waals surface area contributed by atoms with Gasteiger partial charge in [-0.2, -0.15) is 5.10 Å². The molecule has 1 aromatic rings. The van der Waals surface area contributed by atoms with Crippen LogP contribution in [-0.2, 0) is 0 Å². The Balaban J connectivity index is 2.18. The van der Waals surface area contributed by atoms with Gasteiger partial charge in [-0.3, -0.25) is 5.10 Å². The second-order valence-electron chi connectivity index (χ2n) is 3.93. The average molecular weight is 239 g/mol. The highest BCUT2D eigenvalue weighted by molar-refractivity contribution is 7.71. The van der Waals surface area contributed by atoms with Gasteiger partial charge in [0, 0.05) is 6.04 Å². The Hall–Kier alpha value is -1.43. The Morgan fingerprint density at radius 2 is 2.25 bits per heavy atom. The topological polar surface area (TPSA) is 78.0 Å². The van der Waals surface area contributed by atoms with E-state index in [1.807, 2.05) is 0 Å². The summed E-state index contributed by atoms with van der Waals surface area (Å²) in [6.45, 7) is 0. The lowest BCUT2D eigenvalue weighted by atomic mass is 10.2. The third-order valence-corrected chi connectivity index (χ3v) is 3.05. The minimum atomic E-state index is -1.03. The monoisotopic (exact) mass is 239 g/mol. The highest BCUT2D eigenvalue weighted by Gasteiger charge is 2.16. The van der Waals surface area contributed by atoms with Gasteiger partial charge in [0.1, 0.15) is 10.5 Å². The summed E-state index contributed by atoms with van der Waals surface area (Å²) in [5.74, 6) is -0.476. The van der Waals surface area contributed by atoms with E-state index in [1.165, 1.54) is 18.9 Å². The second-order valence-corrected chi connectivity index (χ2v) is 4.34. The predicted molar refractivity (Wildman–Crippen MR) is 62.3 cm³/mol. The number of hydrogen-bond acceptors (Lipinski definition) is 4. The largest absolute Gasteiger partial charge is 0.478 e. The summed E-state index contributed by atoms with van der Waals surface area (Å²) in [7, 11) is 0. The lowest BCUT2D eigenvalue weighted by Crippen LogP contribution is -2.16. The Kier molecular flexibility index (Phi) is 3.19. The van der Waals surface area contributed by atoms with Gasteiger partial charge < -0.3 is 10.4 Å². The van der Waals surface area contributed by atoms with E-state index in [1.54, 1.807) is 0 Å². The van der Waals surface area contributed by atoms with Gasteiger partial charge in [0.05, 0.1) is 5.56 Å². The molecule has 16 heavy (non-hydrogen) atoms. The van der Waals surface area contributed by atoms with Crippen LogP contribution in [0.5, 0.6) is 0 Å². The first kappa shape index (κ1) is 11.1. The average Bonchev–Trinajstić information content (AvgIpc) is 2.73. The van der Waals surface area contributed by atoms with Gasteiger partial charge in [0.25, 0.3) is 0 Å². The van der Waals surface area contributed by atoms with Gasteiger partial charge in [-0.25, -0.2) is 4.79 Å². The molecule has 86 valence electrons. The summed E-state index contributed by atoms with van der Waals surface area (Å²) in [4.78, 5) is 10.9. The molecule has 0 atom stereocenters. The summed E-state index contributed by atoms with van der Waals surface area (Å²) in [5.41, 5.74) is 0.0884. The molecule has 0 aliphatic heterocycles. The number of aromatic amines is 1. The van der Waals surface area contributed by atoms with Crippen LogP contribution in [0, 0.1) is 4.64 Å². The van der Waals surface area contributed by atoms with E-state index in [4.69, 9.17) is 17.3 Å². The standard InChI is InChI=1S/C10H13N3O2S/c14-10(15)7-5-8(12-13-9(7)16)11-6-3-1-2-4-6/h5-6H,1-4H2,(H,11,12)(H,13,16)(H,14,15). The number of hydrogen-bond donors (Lipinski definition) is 3. The summed E-state index contributed by atoms with van der Waals surface area (Å²) >= 11 is 4.84. The first-order valence-electron chi connectivity index (χ1n) is 5.26. The lowest BCUT2D eigenvalue weighted by molar-refractivity contribution is 0.0695. The Morgan fingerprint density at radius 1 is 1.56 bits per heavy atom. The van der Waals surface area contributed by atoms with Crippen LogP contribution in [0.4, 0.5) is 5.82 Å². The second kappa shape index (κ2) is 4.61. The maximum absolute atomic E-state index is 10.9. The fourth-order valence-electron chi connectivity index (χ4n) is 1.92. The van der Waals surface area contributed by atoms with Gasteiger partial charge in [-0.1, -0.05) is 25.1 Å². The van der Waals surface area contributed by atoms with E-state index in [9.17, 15) is 4.79 Å². The molecule has 6 heteroatoms. The van der Waals surface area contributed by atoms with Crippen LogP contribution in [0.3, 0.4) is 0 Å². The van der Waals surface area contributed by atoms with E-state index in [-0.39, 0.29) is 10.2 Å². The molecule has 1 saturated carbocycles. The zero-order valence-electron chi connectivity index (χ0n) is 8.69. The van der Waals surface area contributed by atoms with Crippen molar-refractivity contribution in [1.82, 2.24) is 10.2 Å². The van der Waals surface area contributed by atoms with Crippen LogP contribution in [0.15, 0.2) is 6.07 Å². The fraction of sp³-hybridized carbons (Fsp3) is 0.500. The summed E-state index contributed by atoms with van der Waals surface area (Å²) in [6, 6.07) is 1.89. The molecule has 3 N–H and O–H groups in total. The van der Waals surface area contributed by atoms with E-state index in [2.05, 4.69) is 15.5 Å². The first-order valence-corrected chi connectivity index (χ1v) is 5.67. The van der Waals surface area contributed by atoms with Crippen LogP contribution in [0.25, 0.3) is 0 Å². The van der Waals surface area contributed by atoms with Crippen molar-refractivity contribution in [2.75, 3.05) is 5.32 Å². The van der Waals surface area contributed by atoms with Crippen molar-refractivity contribution < 1.29 is 9.90 Å². The number of H-pyrrole nitrogens is 1.